The molecule has 1 atom stereocenters. The van der Waals surface area contributed by atoms with E-state index in [4.69, 9.17) is 9.25 Å². The normalized spacial score (nSPS) is 14.5. The van der Waals surface area contributed by atoms with E-state index in [9.17, 15) is 46.5 Å². The van der Waals surface area contributed by atoms with Gasteiger partial charge in [0.05, 0.1) is 22.9 Å². The standard InChI is InChI=1S/C50H63N7O12S/c1-5-53(6-2)34-20-22-38-41(31-34)68-42-32-35(54(7-3)8-4)21-23-39(42)48(38)36-15-9-10-16-37(36)50(64)56-29-27-55(28-30-56)44(59)18-12-11-17-43(58)52-40(33-70(65,66)67)49(63)51-26-14-13-19-47(62)69-57-45(60)24-25-46(57)61/h9-10,15-16,20-23,31-32,40H,5-8,11-14,17-19,24-30,33H2,1-4H3,(H2-,51,52,58,63,65,66,67)/p+1/t40-/m0/s1. The summed E-state index contributed by atoms with van der Waals surface area (Å²) in [6.07, 6.45) is 0.780. The molecule has 20 heteroatoms. The fourth-order valence-corrected chi connectivity index (χ4v) is 9.52. The van der Waals surface area contributed by atoms with E-state index in [2.05, 4.69) is 84.5 Å². The Morgan fingerprint density at radius 1 is 0.729 bits per heavy atom. The number of piperazine rings is 1. The van der Waals surface area contributed by atoms with Gasteiger partial charge in [-0.05, 0) is 89.3 Å². The minimum absolute atomic E-state index is 0.0146. The minimum atomic E-state index is -4.67. The topological polar surface area (TPSA) is 235 Å². The van der Waals surface area contributed by atoms with Gasteiger partial charge >= 0.3 is 17.1 Å². The molecule has 6 amide bonds. The van der Waals surface area contributed by atoms with Gasteiger partial charge in [-0.2, -0.15) is 8.42 Å². The van der Waals surface area contributed by atoms with Gasteiger partial charge in [0.15, 0.2) is 0 Å². The average Bonchev–Trinajstić information content (AvgIpc) is 3.66. The van der Waals surface area contributed by atoms with Crippen LogP contribution >= 0.6 is 0 Å². The van der Waals surface area contributed by atoms with E-state index in [0.717, 1.165) is 59.5 Å². The van der Waals surface area contributed by atoms with Gasteiger partial charge in [0.1, 0.15) is 11.8 Å². The van der Waals surface area contributed by atoms with Crippen molar-refractivity contribution >= 4 is 84.8 Å². The second-order valence-electron chi connectivity index (χ2n) is 17.3. The number of anilines is 2. The van der Waals surface area contributed by atoms with E-state index >= 15 is 0 Å². The Morgan fingerprint density at radius 2 is 1.27 bits per heavy atom. The zero-order chi connectivity index (χ0) is 50.5. The third kappa shape index (κ3) is 13.3. The number of imide groups is 1. The Morgan fingerprint density at radius 3 is 1.84 bits per heavy atom. The maximum Gasteiger partial charge on any atom is 0.363 e. The smallest absolute Gasteiger partial charge is 0.363 e. The molecular formula is C50H64N7O12S+. The van der Waals surface area contributed by atoms with Gasteiger partial charge in [0.25, 0.3) is 27.8 Å². The lowest BCUT2D eigenvalue weighted by atomic mass is 9.92. The van der Waals surface area contributed by atoms with E-state index in [-0.39, 0.29) is 69.7 Å². The highest BCUT2D eigenvalue weighted by atomic mass is 32.2. The van der Waals surface area contributed by atoms with Crippen LogP contribution in [-0.4, -0.2) is 140 Å². The van der Waals surface area contributed by atoms with Crippen LogP contribution in [0.3, 0.4) is 0 Å². The molecular weight excluding hydrogens is 923 g/mol. The van der Waals surface area contributed by atoms with Crippen molar-refractivity contribution in [3.8, 4) is 11.1 Å². The van der Waals surface area contributed by atoms with Crippen molar-refractivity contribution in [1.29, 1.82) is 0 Å². The second-order valence-corrected chi connectivity index (χ2v) is 18.8. The molecule has 3 aromatic carbocycles. The molecule has 6 rings (SSSR count). The lowest BCUT2D eigenvalue weighted by molar-refractivity contribution is -0.197. The van der Waals surface area contributed by atoms with Crippen molar-refractivity contribution in [1.82, 2.24) is 25.5 Å². The molecule has 0 aliphatic carbocycles. The number of unbranched alkanes of at least 4 members (excludes halogenated alkanes) is 2. The molecule has 4 aromatic rings. The van der Waals surface area contributed by atoms with Crippen molar-refractivity contribution in [2.45, 2.75) is 91.5 Å². The summed E-state index contributed by atoms with van der Waals surface area (Å²) in [5.41, 5.74) is 5.74. The maximum atomic E-state index is 14.5. The highest BCUT2D eigenvalue weighted by Gasteiger charge is 2.33. The largest absolute Gasteiger partial charge is 0.372 e. The molecule has 3 N–H and O–H groups in total. The fourth-order valence-electron chi connectivity index (χ4n) is 8.86. The number of amides is 6. The molecule has 70 heavy (non-hydrogen) atoms. The molecule has 0 saturated carbocycles. The van der Waals surface area contributed by atoms with E-state index in [1.54, 1.807) is 9.80 Å². The number of nitrogens with zero attached hydrogens (tertiary/aromatic N) is 5. The first-order chi connectivity index (χ1) is 33.5. The molecule has 376 valence electrons. The number of benzene rings is 3. The van der Waals surface area contributed by atoms with E-state index in [0.29, 0.717) is 54.4 Å². The average molecular weight is 987 g/mol. The van der Waals surface area contributed by atoms with Crippen LogP contribution in [0.1, 0.15) is 95.8 Å². The summed E-state index contributed by atoms with van der Waals surface area (Å²) in [5.74, 6) is -4.90. The molecule has 2 aliphatic heterocycles. The second kappa shape index (κ2) is 24.2. The molecule has 0 radical (unpaired) electrons. The first-order valence-electron chi connectivity index (χ1n) is 24.1. The van der Waals surface area contributed by atoms with Crippen molar-refractivity contribution in [3.05, 3.63) is 66.2 Å². The van der Waals surface area contributed by atoms with Crippen molar-refractivity contribution in [3.63, 3.8) is 0 Å². The summed E-state index contributed by atoms with van der Waals surface area (Å²) in [6.45, 7) is 13.1. The molecule has 2 aliphatic rings. The van der Waals surface area contributed by atoms with Crippen LogP contribution in [0, 0.1) is 0 Å². The number of carbonyl (C=O) groups excluding carboxylic acids is 7. The summed E-state index contributed by atoms with van der Waals surface area (Å²) in [6, 6.07) is 18.5. The summed E-state index contributed by atoms with van der Waals surface area (Å²) < 4.78 is 39.5. The predicted octanol–water partition coefficient (Wildman–Crippen LogP) is 5.34. The molecule has 0 unspecified atom stereocenters. The summed E-state index contributed by atoms with van der Waals surface area (Å²) in [4.78, 5) is 101. The lowest BCUT2D eigenvalue weighted by Crippen LogP contribution is -2.50. The Hall–Kier alpha value is -6.67. The Balaban J connectivity index is 1.01. The number of hydroxylamine groups is 2. The van der Waals surface area contributed by atoms with Gasteiger partial charge in [-0.3, -0.25) is 33.3 Å². The van der Waals surface area contributed by atoms with Crippen LogP contribution in [-0.2, 0) is 43.7 Å². The Labute approximate surface area is 408 Å². The van der Waals surface area contributed by atoms with Gasteiger partial charge in [0.2, 0.25) is 17.7 Å². The van der Waals surface area contributed by atoms with Crippen molar-refractivity contribution in [2.24, 2.45) is 0 Å². The van der Waals surface area contributed by atoms with Gasteiger partial charge in [-0.25, -0.2) is 9.21 Å². The Bertz CT molecular complexity index is 2610. The molecule has 0 spiro atoms. The quantitative estimate of drug-likeness (QED) is 0.0280. The molecule has 3 heterocycles. The molecule has 2 saturated heterocycles. The lowest BCUT2D eigenvalue weighted by Gasteiger charge is -2.35. The fraction of sp³-hybridized carbons (Fsp3) is 0.480. The molecule has 19 nitrogen and oxygen atoms in total. The van der Waals surface area contributed by atoms with E-state index in [1.165, 1.54) is 0 Å². The zero-order valence-corrected chi connectivity index (χ0v) is 41.2. The van der Waals surface area contributed by atoms with E-state index < -0.39 is 51.5 Å². The summed E-state index contributed by atoms with van der Waals surface area (Å²) >= 11 is 0. The predicted molar refractivity (Wildman–Crippen MR) is 264 cm³/mol. The number of carbonyl (C=O) groups is 7. The molecule has 2 fully saturated rings. The zero-order valence-electron chi connectivity index (χ0n) is 40.4. The Kier molecular flexibility index (Phi) is 18.3. The van der Waals surface area contributed by atoms with Crippen LogP contribution in [0.5, 0.6) is 0 Å². The highest BCUT2D eigenvalue weighted by molar-refractivity contribution is 7.85. The van der Waals surface area contributed by atoms with Gasteiger partial charge in [0, 0.05) is 114 Å². The third-order valence-corrected chi connectivity index (χ3v) is 13.4. The number of hydrogen-bond acceptors (Lipinski definition) is 12. The monoisotopic (exact) mass is 986 g/mol. The van der Waals surface area contributed by atoms with Gasteiger partial charge in [-0.15, -0.1) is 5.06 Å². The highest BCUT2D eigenvalue weighted by Crippen LogP contribution is 2.41. The SMILES string of the molecule is CCN(CC)c1ccc2c(-c3ccccc3C(=O)N3CCN(C(=O)CCCCC(=O)N[C@@H](CS(=O)(=O)O)C(=O)NCCCCC(=O)ON4C(=O)CCC4=O)CC3)c3ccc(N(CC)CC)cc3[o+]c2c1. The van der Waals surface area contributed by atoms with Crippen LogP contribution in [0.25, 0.3) is 33.1 Å². The van der Waals surface area contributed by atoms with Crippen LogP contribution in [0.4, 0.5) is 11.4 Å². The minimum Gasteiger partial charge on any atom is -0.372 e. The number of rotatable bonds is 23. The first-order valence-corrected chi connectivity index (χ1v) is 25.7. The number of hydrogen-bond donors (Lipinski definition) is 3. The van der Waals surface area contributed by atoms with E-state index in [1.807, 2.05) is 24.3 Å². The summed E-state index contributed by atoms with van der Waals surface area (Å²) in [7, 11) is -4.67. The molecule has 1 aromatic heterocycles. The summed E-state index contributed by atoms with van der Waals surface area (Å²) in [5, 5.41) is 7.02. The third-order valence-electron chi connectivity index (χ3n) is 12.7. The van der Waals surface area contributed by atoms with Crippen LogP contribution in [0.2, 0.25) is 0 Å². The maximum absolute atomic E-state index is 14.5. The van der Waals surface area contributed by atoms with Crippen LogP contribution in [0.15, 0.2) is 65.1 Å². The van der Waals surface area contributed by atoms with Gasteiger partial charge in [-0.1, -0.05) is 18.2 Å². The van der Waals surface area contributed by atoms with Crippen molar-refractivity contribution < 1.29 is 55.8 Å². The first kappa shape index (κ1) is 52.7. The molecule has 0 bridgehead atoms. The van der Waals surface area contributed by atoms with Crippen molar-refractivity contribution in [2.75, 3.05) is 74.5 Å². The van der Waals surface area contributed by atoms with Crippen LogP contribution < -0.4 is 20.4 Å². The number of nitrogens with one attached hydrogen (secondary N) is 2. The van der Waals surface area contributed by atoms with Gasteiger partial charge < -0.3 is 35.1 Å². The number of fused-ring (bicyclic) bond motifs is 2.